The van der Waals surface area contributed by atoms with Crippen molar-refractivity contribution in [3.8, 4) is 12.3 Å². The molecule has 1 N–H and O–H groups in total. The topological polar surface area (TPSA) is 32.3 Å². The van der Waals surface area contributed by atoms with Crippen LogP contribution in [0.5, 0.6) is 0 Å². The molecule has 0 amide bonds. The van der Waals surface area contributed by atoms with Gasteiger partial charge in [-0.3, -0.25) is 9.11 Å². The lowest BCUT2D eigenvalue weighted by atomic mass is 10.0. The van der Waals surface area contributed by atoms with Crippen molar-refractivity contribution in [3.63, 3.8) is 0 Å². The first-order valence-electron chi connectivity index (χ1n) is 5.83. The molecule has 0 aromatic heterocycles. The molecule has 1 fully saturated rings. The first-order valence-corrected chi connectivity index (χ1v) is 7.56. The highest BCUT2D eigenvalue weighted by Gasteiger charge is 2.19. The van der Waals surface area contributed by atoms with Gasteiger partial charge in [0.1, 0.15) is 0 Å². The van der Waals surface area contributed by atoms with E-state index in [2.05, 4.69) is 23.1 Å². The number of nitrogens with zero attached hydrogens (tertiary/aromatic N) is 1. The van der Waals surface area contributed by atoms with E-state index >= 15 is 0 Å². The van der Waals surface area contributed by atoms with Gasteiger partial charge in [-0.25, -0.2) is 0 Å². The average Bonchev–Trinajstić information content (AvgIpc) is 2.20. The van der Waals surface area contributed by atoms with Gasteiger partial charge in [0.25, 0.3) is 0 Å². The minimum atomic E-state index is -0.709. The highest BCUT2D eigenvalue weighted by Crippen LogP contribution is 2.10. The Bertz CT molecular complexity index is 267. The first-order chi connectivity index (χ1) is 7.61. The van der Waals surface area contributed by atoms with E-state index in [1.165, 1.54) is 0 Å². The Labute approximate surface area is 101 Å². The van der Waals surface area contributed by atoms with Crippen molar-refractivity contribution in [3.05, 3.63) is 0 Å². The van der Waals surface area contributed by atoms with Crippen LogP contribution in [0.25, 0.3) is 0 Å². The van der Waals surface area contributed by atoms with Crippen LogP contribution >= 0.6 is 0 Å². The Hall–Kier alpha value is -0.370. The van der Waals surface area contributed by atoms with Gasteiger partial charge in [0, 0.05) is 48.0 Å². The molecule has 92 valence electrons. The number of terminal acetylenes is 1. The van der Waals surface area contributed by atoms with Crippen molar-refractivity contribution in [2.24, 2.45) is 0 Å². The third-order valence-electron chi connectivity index (χ3n) is 2.91. The fourth-order valence-electron chi connectivity index (χ4n) is 2.19. The second-order valence-electron chi connectivity index (χ2n) is 4.56. The minimum absolute atomic E-state index is 0.343. The summed E-state index contributed by atoms with van der Waals surface area (Å²) in [5.74, 6) is 3.43. The van der Waals surface area contributed by atoms with Gasteiger partial charge in [0.2, 0.25) is 0 Å². The summed E-state index contributed by atoms with van der Waals surface area (Å²) in [6.45, 7) is 5.02. The standard InChI is InChI=1S/C12H22N2OS/c1-4-7-14-8-5-12(6-9-14)13-11(2)10-16(3)15/h1,11-13H,5-10H2,2-3H3. The quantitative estimate of drug-likeness (QED) is 0.710. The van der Waals surface area contributed by atoms with E-state index in [-0.39, 0.29) is 0 Å². The Morgan fingerprint density at radius 2 is 2.19 bits per heavy atom. The molecule has 0 radical (unpaired) electrons. The molecule has 0 bridgehead atoms. The van der Waals surface area contributed by atoms with Crippen LogP contribution < -0.4 is 5.32 Å². The van der Waals surface area contributed by atoms with Crippen molar-refractivity contribution in [1.82, 2.24) is 10.2 Å². The van der Waals surface area contributed by atoms with E-state index in [4.69, 9.17) is 6.42 Å². The van der Waals surface area contributed by atoms with Crippen molar-refractivity contribution >= 4 is 10.8 Å². The number of hydrogen-bond acceptors (Lipinski definition) is 3. The average molecular weight is 242 g/mol. The van der Waals surface area contributed by atoms with Gasteiger partial charge < -0.3 is 5.32 Å². The molecule has 16 heavy (non-hydrogen) atoms. The fourth-order valence-corrected chi connectivity index (χ4v) is 2.99. The summed E-state index contributed by atoms with van der Waals surface area (Å²) in [5.41, 5.74) is 0. The summed E-state index contributed by atoms with van der Waals surface area (Å²) in [7, 11) is -0.709. The van der Waals surface area contributed by atoms with Crippen molar-refractivity contribution in [2.45, 2.75) is 31.8 Å². The van der Waals surface area contributed by atoms with Crippen LogP contribution in [0.4, 0.5) is 0 Å². The third kappa shape index (κ3) is 5.11. The Balaban J connectivity index is 2.21. The number of hydrogen-bond donors (Lipinski definition) is 1. The number of piperidine rings is 1. The molecule has 2 unspecified atom stereocenters. The Morgan fingerprint density at radius 1 is 1.56 bits per heavy atom. The van der Waals surface area contributed by atoms with Crippen LogP contribution in [0, 0.1) is 12.3 Å². The van der Waals surface area contributed by atoms with E-state index in [0.717, 1.165) is 38.2 Å². The maximum Gasteiger partial charge on any atom is 0.0598 e. The molecule has 1 heterocycles. The SMILES string of the molecule is C#CCN1CCC(NC(C)CS(C)=O)CC1. The van der Waals surface area contributed by atoms with Gasteiger partial charge in [0.15, 0.2) is 0 Å². The first kappa shape index (κ1) is 13.7. The van der Waals surface area contributed by atoms with E-state index in [9.17, 15) is 4.21 Å². The third-order valence-corrected chi connectivity index (χ3v) is 3.88. The summed E-state index contributed by atoms with van der Waals surface area (Å²) < 4.78 is 11.1. The molecular weight excluding hydrogens is 220 g/mol. The molecule has 0 aromatic rings. The highest BCUT2D eigenvalue weighted by atomic mass is 32.2. The summed E-state index contributed by atoms with van der Waals surface area (Å²) in [5, 5.41) is 3.54. The lowest BCUT2D eigenvalue weighted by Crippen LogP contribution is -2.46. The second-order valence-corrected chi connectivity index (χ2v) is 6.04. The minimum Gasteiger partial charge on any atom is -0.310 e. The fraction of sp³-hybridized carbons (Fsp3) is 0.833. The Morgan fingerprint density at radius 3 is 2.69 bits per heavy atom. The molecule has 1 saturated heterocycles. The summed E-state index contributed by atoms with van der Waals surface area (Å²) in [6, 6.07) is 0.905. The number of nitrogens with one attached hydrogen (secondary N) is 1. The summed E-state index contributed by atoms with van der Waals surface area (Å²) >= 11 is 0. The zero-order valence-corrected chi connectivity index (χ0v) is 11.1. The van der Waals surface area contributed by atoms with Crippen LogP contribution in [-0.4, -0.2) is 52.8 Å². The van der Waals surface area contributed by atoms with Gasteiger partial charge in [-0.15, -0.1) is 6.42 Å². The molecule has 1 aliphatic heterocycles. The Kier molecular flexibility index (Phi) is 6.04. The van der Waals surface area contributed by atoms with Gasteiger partial charge in [-0.2, -0.15) is 0 Å². The van der Waals surface area contributed by atoms with E-state index in [1.807, 2.05) is 0 Å². The van der Waals surface area contributed by atoms with Gasteiger partial charge in [-0.1, -0.05) is 5.92 Å². The predicted octanol–water partition coefficient (Wildman–Crippen LogP) is 0.441. The molecule has 0 aromatic carbocycles. The number of likely N-dealkylation sites (tertiary alicyclic amines) is 1. The van der Waals surface area contributed by atoms with Crippen LogP contribution in [0.1, 0.15) is 19.8 Å². The molecule has 4 heteroatoms. The highest BCUT2D eigenvalue weighted by molar-refractivity contribution is 7.84. The van der Waals surface area contributed by atoms with E-state index in [1.54, 1.807) is 6.26 Å². The maximum atomic E-state index is 11.1. The lowest BCUT2D eigenvalue weighted by Gasteiger charge is -2.32. The van der Waals surface area contributed by atoms with Gasteiger partial charge in [0.05, 0.1) is 6.54 Å². The molecule has 1 aliphatic rings. The zero-order valence-electron chi connectivity index (χ0n) is 10.2. The van der Waals surface area contributed by atoms with E-state index < -0.39 is 10.8 Å². The molecule has 1 rings (SSSR count). The van der Waals surface area contributed by atoms with Crippen molar-refractivity contribution < 1.29 is 4.21 Å². The zero-order chi connectivity index (χ0) is 12.0. The van der Waals surface area contributed by atoms with Crippen LogP contribution in [0.15, 0.2) is 0 Å². The maximum absolute atomic E-state index is 11.1. The molecule has 0 saturated carbocycles. The normalized spacial score (nSPS) is 22.6. The van der Waals surface area contributed by atoms with Crippen LogP contribution in [0.2, 0.25) is 0 Å². The molecule has 3 nitrogen and oxygen atoms in total. The largest absolute Gasteiger partial charge is 0.310 e. The van der Waals surface area contributed by atoms with Crippen molar-refractivity contribution in [2.75, 3.05) is 31.6 Å². The summed E-state index contributed by atoms with van der Waals surface area (Å²) in [6.07, 6.45) is 9.33. The monoisotopic (exact) mass is 242 g/mol. The van der Waals surface area contributed by atoms with Crippen molar-refractivity contribution in [1.29, 1.82) is 0 Å². The second kappa shape index (κ2) is 7.05. The molecule has 0 spiro atoms. The smallest absolute Gasteiger partial charge is 0.0598 e. The predicted molar refractivity (Wildman–Crippen MR) is 69.8 cm³/mol. The molecular formula is C12H22N2OS. The van der Waals surface area contributed by atoms with Gasteiger partial charge >= 0.3 is 0 Å². The number of rotatable bonds is 5. The molecule has 0 aliphatic carbocycles. The van der Waals surface area contributed by atoms with E-state index in [0.29, 0.717) is 12.1 Å². The van der Waals surface area contributed by atoms with Gasteiger partial charge in [-0.05, 0) is 19.8 Å². The van der Waals surface area contributed by atoms with Crippen LogP contribution in [0.3, 0.4) is 0 Å². The summed E-state index contributed by atoms with van der Waals surface area (Å²) in [4.78, 5) is 2.31. The lowest BCUT2D eigenvalue weighted by molar-refractivity contribution is 0.213. The molecule has 2 atom stereocenters. The van der Waals surface area contributed by atoms with Crippen LogP contribution in [-0.2, 0) is 10.8 Å².